The first-order valence-corrected chi connectivity index (χ1v) is 8.82. The molecule has 0 radical (unpaired) electrons. The van der Waals surface area contributed by atoms with Crippen molar-refractivity contribution in [2.24, 2.45) is 0 Å². The summed E-state index contributed by atoms with van der Waals surface area (Å²) in [7, 11) is 0. The Kier molecular flexibility index (Phi) is 5.38. The first-order valence-electron chi connectivity index (χ1n) is 7.16. The molecule has 1 aliphatic carbocycles. The van der Waals surface area contributed by atoms with E-state index in [1.54, 1.807) is 11.8 Å². The fourth-order valence-corrected chi connectivity index (χ4v) is 4.21. The molecule has 1 aromatic rings. The zero-order valence-electron chi connectivity index (χ0n) is 11.9. The van der Waals surface area contributed by atoms with Crippen LogP contribution >= 0.6 is 23.4 Å². The minimum absolute atomic E-state index is 0.0112. The first kappa shape index (κ1) is 15.7. The molecular weight excluding hydrogens is 296 g/mol. The molecule has 1 N–H and O–H groups in total. The van der Waals surface area contributed by atoms with Crippen molar-refractivity contribution in [3.63, 3.8) is 0 Å². The summed E-state index contributed by atoms with van der Waals surface area (Å²) in [5.41, 5.74) is -0.0310. The molecule has 2 rings (SSSR count). The maximum Gasteiger partial charge on any atom is 0.329 e. The van der Waals surface area contributed by atoms with Gasteiger partial charge in [0.05, 0.1) is 11.6 Å². The molecule has 2 atom stereocenters. The molecule has 4 nitrogen and oxygen atoms in total. The van der Waals surface area contributed by atoms with Gasteiger partial charge < -0.3 is 0 Å². The number of nitrogens with one attached hydrogen (secondary N) is 1. The minimum Gasteiger partial charge on any atom is -0.297 e. The van der Waals surface area contributed by atoms with Crippen molar-refractivity contribution < 1.29 is 0 Å². The molecule has 0 spiro atoms. The van der Waals surface area contributed by atoms with Gasteiger partial charge >= 0.3 is 5.69 Å². The van der Waals surface area contributed by atoms with E-state index in [9.17, 15) is 9.59 Å². The fraction of sp³-hybridized carbons (Fsp3) is 0.714. The van der Waals surface area contributed by atoms with E-state index < -0.39 is 0 Å². The Hall–Kier alpha value is -0.680. The van der Waals surface area contributed by atoms with Crippen molar-refractivity contribution in [2.45, 2.75) is 56.7 Å². The molecule has 0 aromatic carbocycles. The summed E-state index contributed by atoms with van der Waals surface area (Å²) >= 11 is 7.76. The van der Waals surface area contributed by atoms with Crippen LogP contribution in [-0.2, 0) is 6.42 Å². The van der Waals surface area contributed by atoms with Crippen molar-refractivity contribution in [3.05, 3.63) is 31.6 Å². The molecule has 1 saturated carbocycles. The van der Waals surface area contributed by atoms with Crippen LogP contribution in [0.3, 0.4) is 0 Å². The van der Waals surface area contributed by atoms with E-state index in [1.165, 1.54) is 11.0 Å². The molecule has 1 aromatic heterocycles. The van der Waals surface area contributed by atoms with Crippen LogP contribution in [0, 0.1) is 0 Å². The summed E-state index contributed by atoms with van der Waals surface area (Å²) < 4.78 is 1.41. The highest BCUT2D eigenvalue weighted by molar-refractivity contribution is 7.99. The molecule has 1 fully saturated rings. The van der Waals surface area contributed by atoms with Crippen LogP contribution in [-0.4, -0.2) is 21.1 Å². The predicted octanol–water partition coefficient (Wildman–Crippen LogP) is 2.99. The number of aromatic amines is 1. The zero-order valence-corrected chi connectivity index (χ0v) is 13.5. The minimum atomic E-state index is -0.370. The number of hydrogen-bond acceptors (Lipinski definition) is 3. The topological polar surface area (TPSA) is 54.9 Å². The summed E-state index contributed by atoms with van der Waals surface area (Å²) in [6.07, 6.45) is 7.67. The molecule has 0 bridgehead atoms. The molecule has 6 heteroatoms. The fourth-order valence-electron chi connectivity index (χ4n) is 2.98. The monoisotopic (exact) mass is 316 g/mol. The summed E-state index contributed by atoms with van der Waals surface area (Å²) in [6, 6.07) is -0.0112. The Labute approximate surface area is 127 Å². The van der Waals surface area contributed by atoms with Crippen LogP contribution in [0.15, 0.2) is 9.59 Å². The third kappa shape index (κ3) is 2.98. The lowest BCUT2D eigenvalue weighted by Gasteiger charge is -2.31. The van der Waals surface area contributed by atoms with Crippen LogP contribution in [0.4, 0.5) is 0 Å². The molecule has 2 unspecified atom stereocenters. The largest absolute Gasteiger partial charge is 0.329 e. The quantitative estimate of drug-likeness (QED) is 0.869. The van der Waals surface area contributed by atoms with Gasteiger partial charge in [-0.25, -0.2) is 4.79 Å². The van der Waals surface area contributed by atoms with E-state index in [1.807, 2.05) is 13.2 Å². The third-order valence-electron chi connectivity index (χ3n) is 3.98. The molecule has 112 valence electrons. The van der Waals surface area contributed by atoms with Crippen LogP contribution in [0.5, 0.6) is 0 Å². The smallest absolute Gasteiger partial charge is 0.297 e. The van der Waals surface area contributed by atoms with Gasteiger partial charge in [0.15, 0.2) is 0 Å². The number of aromatic nitrogens is 2. The molecule has 1 aliphatic rings. The average molecular weight is 317 g/mol. The zero-order chi connectivity index (χ0) is 14.7. The Bertz CT molecular complexity index is 582. The van der Waals surface area contributed by atoms with Crippen molar-refractivity contribution in [2.75, 3.05) is 6.26 Å². The van der Waals surface area contributed by atoms with Crippen LogP contribution in [0.1, 0.15) is 50.6 Å². The van der Waals surface area contributed by atoms with Crippen LogP contribution < -0.4 is 11.2 Å². The lowest BCUT2D eigenvalue weighted by Crippen LogP contribution is -2.44. The van der Waals surface area contributed by atoms with E-state index in [0.29, 0.717) is 17.2 Å². The molecule has 20 heavy (non-hydrogen) atoms. The van der Waals surface area contributed by atoms with Gasteiger partial charge in [0.25, 0.3) is 5.56 Å². The average Bonchev–Trinajstić information content (AvgIpc) is 2.44. The number of nitrogens with zero attached hydrogens (tertiary/aromatic N) is 1. The van der Waals surface area contributed by atoms with Gasteiger partial charge in [-0.1, -0.05) is 37.8 Å². The molecule has 0 amide bonds. The van der Waals surface area contributed by atoms with E-state index in [4.69, 9.17) is 11.6 Å². The number of hydrogen-bond donors (Lipinski definition) is 1. The molecular formula is C14H21ClN2O2S. The second-order valence-electron chi connectivity index (χ2n) is 5.27. The maximum atomic E-state index is 12.6. The standard InChI is InChI=1S/C14H21ClN2O2S/c1-3-6-9-12(15)16-14(19)17(13(9)18)10-7-4-5-8-11(10)20-2/h10-11H,3-8H2,1-2H3,(H,16,19). The van der Waals surface area contributed by atoms with Crippen molar-refractivity contribution in [3.8, 4) is 0 Å². The van der Waals surface area contributed by atoms with Crippen LogP contribution in [0.25, 0.3) is 0 Å². The summed E-state index contributed by atoms with van der Waals surface area (Å²) in [4.78, 5) is 27.4. The predicted molar refractivity (Wildman–Crippen MR) is 85.1 cm³/mol. The SMILES string of the molecule is CCCc1c(Cl)[nH]c(=O)n(C2CCCCC2SC)c1=O. The van der Waals surface area contributed by atoms with Gasteiger partial charge in [0.2, 0.25) is 0 Å². The number of rotatable bonds is 4. The number of H-pyrrole nitrogens is 1. The van der Waals surface area contributed by atoms with Gasteiger partial charge in [-0.05, 0) is 25.5 Å². The Morgan fingerprint density at radius 1 is 1.35 bits per heavy atom. The van der Waals surface area contributed by atoms with E-state index in [-0.39, 0.29) is 22.4 Å². The van der Waals surface area contributed by atoms with E-state index in [2.05, 4.69) is 4.98 Å². The highest BCUT2D eigenvalue weighted by atomic mass is 35.5. The number of halogens is 1. The van der Waals surface area contributed by atoms with Crippen molar-refractivity contribution >= 4 is 23.4 Å². The summed E-state index contributed by atoms with van der Waals surface area (Å²) in [5.74, 6) is 0. The lowest BCUT2D eigenvalue weighted by atomic mass is 9.94. The summed E-state index contributed by atoms with van der Waals surface area (Å²) in [6.45, 7) is 2.00. The van der Waals surface area contributed by atoms with Gasteiger partial charge in [-0.2, -0.15) is 11.8 Å². The normalized spacial score (nSPS) is 22.9. The van der Waals surface area contributed by atoms with Crippen LogP contribution in [0.2, 0.25) is 5.15 Å². The second-order valence-corrected chi connectivity index (χ2v) is 6.73. The first-order chi connectivity index (χ1) is 9.60. The highest BCUT2D eigenvalue weighted by Gasteiger charge is 2.29. The molecule has 1 heterocycles. The second kappa shape index (κ2) is 6.85. The third-order valence-corrected chi connectivity index (χ3v) is 5.46. The Morgan fingerprint density at radius 2 is 2.05 bits per heavy atom. The highest BCUT2D eigenvalue weighted by Crippen LogP contribution is 2.34. The molecule has 0 saturated heterocycles. The van der Waals surface area contributed by atoms with Gasteiger partial charge in [0, 0.05) is 5.25 Å². The van der Waals surface area contributed by atoms with Gasteiger partial charge in [0.1, 0.15) is 5.15 Å². The Morgan fingerprint density at radius 3 is 2.70 bits per heavy atom. The van der Waals surface area contributed by atoms with E-state index >= 15 is 0 Å². The van der Waals surface area contributed by atoms with Crippen molar-refractivity contribution in [1.29, 1.82) is 0 Å². The Balaban J connectivity index is 2.52. The lowest BCUT2D eigenvalue weighted by molar-refractivity contribution is 0.346. The van der Waals surface area contributed by atoms with Crippen molar-refractivity contribution in [1.82, 2.24) is 9.55 Å². The molecule has 0 aliphatic heterocycles. The summed E-state index contributed by atoms with van der Waals surface area (Å²) in [5, 5.41) is 0.535. The maximum absolute atomic E-state index is 12.6. The van der Waals surface area contributed by atoms with E-state index in [0.717, 1.165) is 25.7 Å². The number of thioether (sulfide) groups is 1. The van der Waals surface area contributed by atoms with Gasteiger partial charge in [-0.15, -0.1) is 0 Å². The van der Waals surface area contributed by atoms with Gasteiger partial charge in [-0.3, -0.25) is 14.3 Å².